The molecule has 2 aliphatic rings. The fraction of sp³-hybridized carbons (Fsp3) is 0.688. The monoisotopic (exact) mass is 321 g/mol. The van der Waals surface area contributed by atoms with Crippen molar-refractivity contribution in [1.29, 1.82) is 0 Å². The summed E-state index contributed by atoms with van der Waals surface area (Å²) in [7, 11) is 0. The number of amides is 2. The molecule has 2 saturated heterocycles. The van der Waals surface area contributed by atoms with Gasteiger partial charge in [0.2, 0.25) is 0 Å². The van der Waals surface area contributed by atoms with Crippen LogP contribution in [0.4, 0.5) is 4.79 Å². The first-order chi connectivity index (χ1) is 10.9. The quantitative estimate of drug-likeness (QED) is 0.833. The summed E-state index contributed by atoms with van der Waals surface area (Å²) in [5.41, 5.74) is 0.318. The average Bonchev–Trinajstić information content (AvgIpc) is 2.96. The van der Waals surface area contributed by atoms with Crippen molar-refractivity contribution in [2.45, 2.75) is 39.7 Å². The van der Waals surface area contributed by atoms with Gasteiger partial charge in [0.05, 0.1) is 6.61 Å². The van der Waals surface area contributed by atoms with Gasteiger partial charge in [-0.1, -0.05) is 19.0 Å². The van der Waals surface area contributed by atoms with Crippen LogP contribution >= 0.6 is 0 Å². The first-order valence-electron chi connectivity index (χ1n) is 8.02. The summed E-state index contributed by atoms with van der Waals surface area (Å²) in [6.07, 6.45) is 1.28. The third-order valence-electron chi connectivity index (χ3n) is 4.46. The maximum absolute atomic E-state index is 12.4. The fourth-order valence-corrected chi connectivity index (χ4v) is 3.20. The van der Waals surface area contributed by atoms with Crippen molar-refractivity contribution >= 4 is 12.0 Å². The molecule has 2 fully saturated rings. The summed E-state index contributed by atoms with van der Waals surface area (Å²) < 4.78 is 10.3. The zero-order valence-electron chi connectivity index (χ0n) is 13.9. The number of piperidine rings is 1. The van der Waals surface area contributed by atoms with Crippen molar-refractivity contribution in [1.82, 2.24) is 15.0 Å². The predicted molar refractivity (Wildman–Crippen MR) is 82.0 cm³/mol. The first kappa shape index (κ1) is 15.8. The highest BCUT2D eigenvalue weighted by molar-refractivity contribution is 5.92. The van der Waals surface area contributed by atoms with E-state index >= 15 is 0 Å². The normalized spacial score (nSPS) is 22.1. The van der Waals surface area contributed by atoms with Crippen molar-refractivity contribution in [2.75, 3.05) is 26.2 Å². The SMILES string of the molecule is Cc1cc(C(=O)N2CCC(N3CC(C)(C)COC3=O)CC2)no1. The molecular weight excluding hydrogens is 298 g/mol. The number of cyclic esters (lactones) is 1. The number of hydrogen-bond donors (Lipinski definition) is 0. The highest BCUT2D eigenvalue weighted by Crippen LogP contribution is 2.28. The van der Waals surface area contributed by atoms with Crippen LogP contribution < -0.4 is 0 Å². The fourth-order valence-electron chi connectivity index (χ4n) is 3.20. The second-order valence-electron chi connectivity index (χ2n) is 7.19. The molecular formula is C16H23N3O4. The Morgan fingerprint density at radius 1 is 1.35 bits per heavy atom. The predicted octanol–water partition coefficient (Wildman–Crippen LogP) is 2.07. The summed E-state index contributed by atoms with van der Waals surface area (Å²) in [5, 5.41) is 3.78. The molecule has 7 nitrogen and oxygen atoms in total. The van der Waals surface area contributed by atoms with Crippen molar-refractivity contribution in [3.63, 3.8) is 0 Å². The summed E-state index contributed by atoms with van der Waals surface area (Å²) >= 11 is 0. The number of carbonyl (C=O) groups excluding carboxylic acids is 2. The van der Waals surface area contributed by atoms with Gasteiger partial charge in [-0.25, -0.2) is 4.79 Å². The molecule has 1 aromatic rings. The molecule has 0 atom stereocenters. The van der Waals surface area contributed by atoms with Gasteiger partial charge >= 0.3 is 6.09 Å². The maximum atomic E-state index is 12.4. The van der Waals surface area contributed by atoms with Crippen molar-refractivity contribution in [2.24, 2.45) is 5.41 Å². The van der Waals surface area contributed by atoms with E-state index in [4.69, 9.17) is 9.26 Å². The van der Waals surface area contributed by atoms with Gasteiger partial charge in [-0.05, 0) is 19.8 Å². The minimum Gasteiger partial charge on any atom is -0.449 e. The number of carbonyl (C=O) groups is 2. The standard InChI is InChI=1S/C16H23N3O4/c1-11-8-13(17-23-11)14(20)18-6-4-12(5-7-18)19-9-16(2,3)10-22-15(19)21/h8,12H,4-7,9-10H2,1-3H3. The first-order valence-corrected chi connectivity index (χ1v) is 8.02. The van der Waals surface area contributed by atoms with Gasteiger partial charge in [-0.2, -0.15) is 0 Å². The van der Waals surface area contributed by atoms with E-state index in [9.17, 15) is 9.59 Å². The average molecular weight is 321 g/mol. The van der Waals surface area contributed by atoms with E-state index in [-0.39, 0.29) is 23.5 Å². The molecule has 0 radical (unpaired) electrons. The Labute approximate surface area is 135 Å². The lowest BCUT2D eigenvalue weighted by Crippen LogP contribution is -2.55. The lowest BCUT2D eigenvalue weighted by Gasteiger charge is -2.44. The zero-order chi connectivity index (χ0) is 16.6. The van der Waals surface area contributed by atoms with Crippen molar-refractivity contribution in [3.05, 3.63) is 17.5 Å². The van der Waals surface area contributed by atoms with Crippen LogP contribution in [0.3, 0.4) is 0 Å². The Hall–Kier alpha value is -2.05. The van der Waals surface area contributed by atoms with E-state index < -0.39 is 0 Å². The molecule has 3 rings (SSSR count). The Bertz CT molecular complexity index is 602. The van der Waals surface area contributed by atoms with E-state index in [1.165, 1.54) is 0 Å². The van der Waals surface area contributed by atoms with E-state index in [1.54, 1.807) is 17.9 Å². The Balaban J connectivity index is 1.60. The second kappa shape index (κ2) is 5.86. The van der Waals surface area contributed by atoms with Gasteiger partial charge in [0.25, 0.3) is 5.91 Å². The maximum Gasteiger partial charge on any atom is 0.410 e. The lowest BCUT2D eigenvalue weighted by molar-refractivity contribution is -0.0154. The molecule has 0 unspecified atom stereocenters. The topological polar surface area (TPSA) is 75.9 Å². The Morgan fingerprint density at radius 3 is 2.65 bits per heavy atom. The summed E-state index contributed by atoms with van der Waals surface area (Å²) in [6, 6.07) is 1.78. The molecule has 126 valence electrons. The summed E-state index contributed by atoms with van der Waals surface area (Å²) in [4.78, 5) is 28.0. The van der Waals surface area contributed by atoms with E-state index in [1.807, 2.05) is 4.90 Å². The van der Waals surface area contributed by atoms with Gasteiger partial charge < -0.3 is 19.1 Å². The van der Waals surface area contributed by atoms with Crippen LogP contribution in [0, 0.1) is 12.3 Å². The molecule has 3 heterocycles. The number of aryl methyl sites for hydroxylation is 1. The molecule has 0 saturated carbocycles. The second-order valence-corrected chi connectivity index (χ2v) is 7.19. The molecule has 2 amide bonds. The van der Waals surface area contributed by atoms with Crippen molar-refractivity contribution in [3.8, 4) is 0 Å². The van der Waals surface area contributed by atoms with Gasteiger partial charge in [0, 0.05) is 37.2 Å². The minimum absolute atomic E-state index is 0.0287. The molecule has 0 spiro atoms. The third kappa shape index (κ3) is 3.33. The number of ether oxygens (including phenoxy) is 1. The Morgan fingerprint density at radius 2 is 2.04 bits per heavy atom. The minimum atomic E-state index is -0.235. The third-order valence-corrected chi connectivity index (χ3v) is 4.46. The van der Waals surface area contributed by atoms with Crippen LogP contribution in [0.2, 0.25) is 0 Å². The van der Waals surface area contributed by atoms with Crippen LogP contribution in [-0.4, -0.2) is 59.2 Å². The van der Waals surface area contributed by atoms with Crippen molar-refractivity contribution < 1.29 is 18.8 Å². The number of likely N-dealkylation sites (tertiary alicyclic amines) is 1. The molecule has 7 heteroatoms. The van der Waals surface area contributed by atoms with Crippen LogP contribution in [0.1, 0.15) is 42.9 Å². The number of aromatic nitrogens is 1. The van der Waals surface area contributed by atoms with Crippen LogP contribution in [-0.2, 0) is 4.74 Å². The lowest BCUT2D eigenvalue weighted by atomic mass is 9.91. The molecule has 2 aliphatic heterocycles. The summed E-state index contributed by atoms with van der Waals surface area (Å²) in [6.45, 7) is 8.34. The van der Waals surface area contributed by atoms with E-state index in [0.29, 0.717) is 37.7 Å². The molecule has 0 N–H and O–H groups in total. The largest absolute Gasteiger partial charge is 0.449 e. The van der Waals surface area contributed by atoms with E-state index in [2.05, 4.69) is 19.0 Å². The molecule has 0 bridgehead atoms. The van der Waals surface area contributed by atoms with Crippen LogP contribution in [0.25, 0.3) is 0 Å². The zero-order valence-corrected chi connectivity index (χ0v) is 13.9. The Kier molecular flexibility index (Phi) is 4.04. The number of rotatable bonds is 2. The number of hydrogen-bond acceptors (Lipinski definition) is 5. The summed E-state index contributed by atoms with van der Waals surface area (Å²) in [5.74, 6) is 0.517. The molecule has 0 aliphatic carbocycles. The highest BCUT2D eigenvalue weighted by Gasteiger charge is 2.38. The molecule has 0 aromatic carbocycles. The number of nitrogens with zero attached hydrogens (tertiary/aromatic N) is 3. The van der Waals surface area contributed by atoms with Crippen LogP contribution in [0.15, 0.2) is 10.6 Å². The van der Waals surface area contributed by atoms with Gasteiger partial charge in [0.1, 0.15) is 5.76 Å². The smallest absolute Gasteiger partial charge is 0.410 e. The van der Waals surface area contributed by atoms with Gasteiger partial charge in [0.15, 0.2) is 5.69 Å². The van der Waals surface area contributed by atoms with Gasteiger partial charge in [-0.15, -0.1) is 0 Å². The highest BCUT2D eigenvalue weighted by atomic mass is 16.6. The van der Waals surface area contributed by atoms with E-state index in [0.717, 1.165) is 12.8 Å². The molecule has 1 aromatic heterocycles. The molecule has 23 heavy (non-hydrogen) atoms. The van der Waals surface area contributed by atoms with Crippen LogP contribution in [0.5, 0.6) is 0 Å². The van der Waals surface area contributed by atoms with Gasteiger partial charge in [-0.3, -0.25) is 4.79 Å².